The Morgan fingerprint density at radius 3 is 2.95 bits per heavy atom. The SMILES string of the molecule is CC1OCCC1C(=O)N(CCCN)c1cccc(F)c1. The number of nitrogens with zero attached hydrogens (tertiary/aromatic N) is 1. The summed E-state index contributed by atoms with van der Waals surface area (Å²) in [5.74, 6) is -0.506. The Morgan fingerprint density at radius 2 is 2.35 bits per heavy atom. The Bertz CT molecular complexity index is 467. The molecule has 0 aromatic heterocycles. The predicted octanol–water partition coefficient (Wildman–Crippen LogP) is 1.93. The van der Waals surface area contributed by atoms with Gasteiger partial charge in [0.25, 0.3) is 0 Å². The van der Waals surface area contributed by atoms with E-state index in [4.69, 9.17) is 10.5 Å². The molecule has 1 aromatic carbocycles. The van der Waals surface area contributed by atoms with Gasteiger partial charge in [0.15, 0.2) is 0 Å². The van der Waals surface area contributed by atoms with E-state index in [1.165, 1.54) is 12.1 Å². The molecule has 1 saturated heterocycles. The summed E-state index contributed by atoms with van der Waals surface area (Å²) in [6.45, 7) is 3.51. The van der Waals surface area contributed by atoms with Crippen molar-refractivity contribution in [1.29, 1.82) is 0 Å². The number of halogens is 1. The maximum absolute atomic E-state index is 13.4. The number of hydrogen-bond acceptors (Lipinski definition) is 3. The van der Waals surface area contributed by atoms with E-state index in [-0.39, 0.29) is 23.7 Å². The van der Waals surface area contributed by atoms with Crippen LogP contribution in [-0.4, -0.2) is 31.7 Å². The monoisotopic (exact) mass is 280 g/mol. The number of carbonyl (C=O) groups is 1. The zero-order valence-corrected chi connectivity index (χ0v) is 11.7. The summed E-state index contributed by atoms with van der Waals surface area (Å²) in [5.41, 5.74) is 6.11. The van der Waals surface area contributed by atoms with Crippen molar-refractivity contribution in [3.05, 3.63) is 30.1 Å². The van der Waals surface area contributed by atoms with E-state index in [9.17, 15) is 9.18 Å². The summed E-state index contributed by atoms with van der Waals surface area (Å²) in [6.07, 6.45) is 1.31. The number of nitrogens with two attached hydrogens (primary N) is 1. The number of carbonyl (C=O) groups excluding carboxylic acids is 1. The summed E-state index contributed by atoms with van der Waals surface area (Å²) in [7, 11) is 0. The van der Waals surface area contributed by atoms with E-state index in [2.05, 4.69) is 0 Å². The van der Waals surface area contributed by atoms with E-state index in [0.29, 0.717) is 38.2 Å². The molecule has 1 heterocycles. The van der Waals surface area contributed by atoms with Gasteiger partial charge in [0.05, 0.1) is 12.0 Å². The van der Waals surface area contributed by atoms with Crippen LogP contribution in [0, 0.1) is 11.7 Å². The van der Waals surface area contributed by atoms with Gasteiger partial charge in [-0.05, 0) is 44.5 Å². The molecule has 2 unspecified atom stereocenters. The summed E-state index contributed by atoms with van der Waals surface area (Å²) in [5, 5.41) is 0. The third kappa shape index (κ3) is 3.35. The molecule has 1 fully saturated rings. The van der Waals surface area contributed by atoms with Crippen LogP contribution in [-0.2, 0) is 9.53 Å². The van der Waals surface area contributed by atoms with E-state index in [1.54, 1.807) is 17.0 Å². The van der Waals surface area contributed by atoms with Crippen molar-refractivity contribution in [1.82, 2.24) is 0 Å². The molecule has 2 atom stereocenters. The van der Waals surface area contributed by atoms with E-state index in [1.807, 2.05) is 6.92 Å². The van der Waals surface area contributed by atoms with Crippen LogP contribution < -0.4 is 10.6 Å². The average Bonchev–Trinajstić information content (AvgIpc) is 2.85. The molecule has 0 spiro atoms. The molecule has 20 heavy (non-hydrogen) atoms. The zero-order valence-electron chi connectivity index (χ0n) is 11.7. The lowest BCUT2D eigenvalue weighted by Crippen LogP contribution is -2.40. The van der Waals surface area contributed by atoms with Gasteiger partial charge >= 0.3 is 0 Å². The first-order chi connectivity index (χ1) is 9.63. The molecule has 1 amide bonds. The second-order valence-electron chi connectivity index (χ2n) is 5.08. The normalized spacial score (nSPS) is 21.9. The summed E-state index contributed by atoms with van der Waals surface area (Å²) in [4.78, 5) is 14.3. The minimum absolute atomic E-state index is 0.00551. The Labute approximate surface area is 118 Å². The highest BCUT2D eigenvalue weighted by Gasteiger charge is 2.34. The van der Waals surface area contributed by atoms with Crippen molar-refractivity contribution in [2.45, 2.75) is 25.9 Å². The molecule has 0 saturated carbocycles. The van der Waals surface area contributed by atoms with Crippen LogP contribution in [0.15, 0.2) is 24.3 Å². The average molecular weight is 280 g/mol. The summed E-state index contributed by atoms with van der Waals surface area (Å²) >= 11 is 0. The van der Waals surface area contributed by atoms with Gasteiger partial charge in [0.2, 0.25) is 5.91 Å². The predicted molar refractivity (Wildman–Crippen MR) is 75.9 cm³/mol. The molecule has 0 aliphatic carbocycles. The second-order valence-corrected chi connectivity index (χ2v) is 5.08. The fraction of sp³-hybridized carbons (Fsp3) is 0.533. The Morgan fingerprint density at radius 1 is 1.55 bits per heavy atom. The minimum Gasteiger partial charge on any atom is -0.378 e. The first-order valence-electron chi connectivity index (χ1n) is 7.02. The van der Waals surface area contributed by atoms with E-state index >= 15 is 0 Å². The quantitative estimate of drug-likeness (QED) is 0.896. The van der Waals surface area contributed by atoms with Crippen molar-refractivity contribution in [3.8, 4) is 0 Å². The summed E-state index contributed by atoms with van der Waals surface area (Å²) < 4.78 is 18.8. The molecule has 110 valence electrons. The largest absolute Gasteiger partial charge is 0.378 e. The Hall–Kier alpha value is -1.46. The molecular formula is C15H21FN2O2. The Kier molecular flexibility index (Phi) is 5.09. The van der Waals surface area contributed by atoms with Crippen LogP contribution in [0.2, 0.25) is 0 Å². The molecule has 0 radical (unpaired) electrons. The summed E-state index contributed by atoms with van der Waals surface area (Å²) in [6, 6.07) is 6.12. The van der Waals surface area contributed by atoms with Crippen LogP contribution in [0.4, 0.5) is 10.1 Å². The molecule has 4 nitrogen and oxygen atoms in total. The Balaban J connectivity index is 2.20. The molecular weight excluding hydrogens is 259 g/mol. The highest BCUT2D eigenvalue weighted by atomic mass is 19.1. The van der Waals surface area contributed by atoms with E-state index < -0.39 is 0 Å². The first kappa shape index (κ1) is 14.9. The number of amides is 1. The van der Waals surface area contributed by atoms with Crippen LogP contribution in [0.5, 0.6) is 0 Å². The molecule has 1 aliphatic rings. The number of rotatable bonds is 5. The lowest BCUT2D eigenvalue weighted by Gasteiger charge is -2.27. The number of anilines is 1. The number of hydrogen-bond donors (Lipinski definition) is 1. The minimum atomic E-state index is -0.344. The van der Waals surface area contributed by atoms with Gasteiger partial charge in [0, 0.05) is 18.8 Å². The fourth-order valence-electron chi connectivity index (χ4n) is 2.52. The van der Waals surface area contributed by atoms with Gasteiger partial charge < -0.3 is 15.4 Å². The second kappa shape index (κ2) is 6.81. The zero-order chi connectivity index (χ0) is 14.5. The van der Waals surface area contributed by atoms with Crippen molar-refractivity contribution in [3.63, 3.8) is 0 Å². The third-order valence-corrected chi connectivity index (χ3v) is 3.67. The fourth-order valence-corrected chi connectivity index (χ4v) is 2.52. The molecule has 1 aliphatic heterocycles. The van der Waals surface area contributed by atoms with Crippen molar-refractivity contribution in [2.24, 2.45) is 11.7 Å². The highest BCUT2D eigenvalue weighted by Crippen LogP contribution is 2.26. The number of benzene rings is 1. The van der Waals surface area contributed by atoms with Gasteiger partial charge in [-0.2, -0.15) is 0 Å². The topological polar surface area (TPSA) is 55.6 Å². The highest BCUT2D eigenvalue weighted by molar-refractivity contribution is 5.95. The lowest BCUT2D eigenvalue weighted by atomic mass is 10.0. The van der Waals surface area contributed by atoms with Crippen molar-refractivity contribution < 1.29 is 13.9 Å². The van der Waals surface area contributed by atoms with Crippen molar-refractivity contribution >= 4 is 11.6 Å². The van der Waals surface area contributed by atoms with Gasteiger partial charge in [-0.1, -0.05) is 6.07 Å². The van der Waals surface area contributed by atoms with Gasteiger partial charge in [0.1, 0.15) is 5.82 Å². The molecule has 2 rings (SSSR count). The van der Waals surface area contributed by atoms with Crippen LogP contribution in [0.3, 0.4) is 0 Å². The van der Waals surface area contributed by atoms with Crippen LogP contribution in [0.1, 0.15) is 19.8 Å². The standard InChI is InChI=1S/C15H21FN2O2/c1-11-14(6-9-20-11)15(19)18(8-3-7-17)13-5-2-4-12(16)10-13/h2,4-5,10-11,14H,3,6-9,17H2,1H3. The maximum Gasteiger partial charge on any atom is 0.232 e. The molecule has 1 aromatic rings. The maximum atomic E-state index is 13.4. The van der Waals surface area contributed by atoms with Gasteiger partial charge in [-0.3, -0.25) is 4.79 Å². The van der Waals surface area contributed by atoms with Gasteiger partial charge in [-0.15, -0.1) is 0 Å². The molecule has 5 heteroatoms. The van der Waals surface area contributed by atoms with Crippen LogP contribution in [0.25, 0.3) is 0 Å². The van der Waals surface area contributed by atoms with E-state index in [0.717, 1.165) is 0 Å². The third-order valence-electron chi connectivity index (χ3n) is 3.67. The van der Waals surface area contributed by atoms with Crippen molar-refractivity contribution in [2.75, 3.05) is 24.6 Å². The lowest BCUT2D eigenvalue weighted by molar-refractivity contribution is -0.123. The molecule has 0 bridgehead atoms. The van der Waals surface area contributed by atoms with Crippen LogP contribution >= 0.6 is 0 Å². The van der Waals surface area contributed by atoms with Gasteiger partial charge in [-0.25, -0.2) is 4.39 Å². The first-order valence-corrected chi connectivity index (χ1v) is 7.02. The molecule has 2 N–H and O–H groups in total. The number of ether oxygens (including phenoxy) is 1. The smallest absolute Gasteiger partial charge is 0.232 e.